The van der Waals surface area contributed by atoms with Gasteiger partial charge in [0.25, 0.3) is 0 Å². The first-order valence-corrected chi connectivity index (χ1v) is 6.63. The summed E-state index contributed by atoms with van der Waals surface area (Å²) in [5.41, 5.74) is 0. The molecule has 1 N–H and O–H groups in total. The summed E-state index contributed by atoms with van der Waals surface area (Å²) in [4.78, 5) is 4.66. The molecule has 0 rings (SSSR count). The second-order valence-electron chi connectivity index (χ2n) is 5.10. The molecule has 0 amide bonds. The van der Waals surface area contributed by atoms with Gasteiger partial charge in [0.1, 0.15) is 0 Å². The fourth-order valence-electron chi connectivity index (χ4n) is 1.64. The Morgan fingerprint density at radius 2 is 1.75 bits per heavy atom. The molecule has 98 valence electrons. The van der Waals surface area contributed by atoms with Crippen molar-refractivity contribution in [3.8, 4) is 0 Å². The van der Waals surface area contributed by atoms with Crippen molar-refractivity contribution in [3.63, 3.8) is 0 Å². The number of nitrogens with zero attached hydrogens (tertiary/aromatic N) is 2. The standard InChI is InChI=1S/C13H31N3/c1-6-9-14-13(2)8-7-10-16(5)12-11-15(3)4/h13-14H,6-12H2,1-5H3. The van der Waals surface area contributed by atoms with Crippen LogP contribution >= 0.6 is 0 Å². The van der Waals surface area contributed by atoms with Gasteiger partial charge >= 0.3 is 0 Å². The molecule has 0 aromatic carbocycles. The maximum atomic E-state index is 3.53. The van der Waals surface area contributed by atoms with Crippen molar-refractivity contribution in [3.05, 3.63) is 0 Å². The summed E-state index contributed by atoms with van der Waals surface area (Å²) >= 11 is 0. The number of hydrogen-bond donors (Lipinski definition) is 1. The van der Waals surface area contributed by atoms with Gasteiger partial charge < -0.3 is 15.1 Å². The Kier molecular flexibility index (Phi) is 9.99. The van der Waals surface area contributed by atoms with Crippen molar-refractivity contribution in [2.75, 3.05) is 47.3 Å². The summed E-state index contributed by atoms with van der Waals surface area (Å²) < 4.78 is 0. The Morgan fingerprint density at radius 1 is 1.06 bits per heavy atom. The van der Waals surface area contributed by atoms with Gasteiger partial charge in [0.15, 0.2) is 0 Å². The summed E-state index contributed by atoms with van der Waals surface area (Å²) in [5.74, 6) is 0. The number of rotatable bonds is 10. The van der Waals surface area contributed by atoms with Crippen LogP contribution in [0.2, 0.25) is 0 Å². The highest BCUT2D eigenvalue weighted by Gasteiger charge is 2.02. The molecule has 3 nitrogen and oxygen atoms in total. The number of nitrogens with one attached hydrogen (secondary N) is 1. The zero-order chi connectivity index (χ0) is 12.4. The van der Waals surface area contributed by atoms with Crippen molar-refractivity contribution >= 4 is 0 Å². The highest BCUT2D eigenvalue weighted by atomic mass is 15.1. The van der Waals surface area contributed by atoms with E-state index in [1.54, 1.807) is 0 Å². The molecule has 3 heteroatoms. The van der Waals surface area contributed by atoms with E-state index in [9.17, 15) is 0 Å². The molecule has 0 saturated heterocycles. The van der Waals surface area contributed by atoms with E-state index in [4.69, 9.17) is 0 Å². The molecule has 0 fully saturated rings. The molecule has 0 bridgehead atoms. The minimum absolute atomic E-state index is 0.669. The van der Waals surface area contributed by atoms with Gasteiger partial charge in [-0.05, 0) is 60.4 Å². The molecule has 0 heterocycles. The Morgan fingerprint density at radius 3 is 2.31 bits per heavy atom. The van der Waals surface area contributed by atoms with E-state index >= 15 is 0 Å². The maximum Gasteiger partial charge on any atom is 0.0106 e. The predicted molar refractivity (Wildman–Crippen MR) is 73.0 cm³/mol. The monoisotopic (exact) mass is 229 g/mol. The quantitative estimate of drug-likeness (QED) is 0.614. The van der Waals surface area contributed by atoms with Crippen molar-refractivity contribution in [1.29, 1.82) is 0 Å². The van der Waals surface area contributed by atoms with Gasteiger partial charge in [-0.2, -0.15) is 0 Å². The fourth-order valence-corrected chi connectivity index (χ4v) is 1.64. The van der Waals surface area contributed by atoms with Crippen LogP contribution in [0.4, 0.5) is 0 Å². The third-order valence-electron chi connectivity index (χ3n) is 2.85. The van der Waals surface area contributed by atoms with Crippen molar-refractivity contribution < 1.29 is 0 Å². The summed E-state index contributed by atoms with van der Waals surface area (Å²) in [6, 6.07) is 0.669. The lowest BCUT2D eigenvalue weighted by Crippen LogP contribution is -2.31. The highest BCUT2D eigenvalue weighted by Crippen LogP contribution is 1.98. The second-order valence-corrected chi connectivity index (χ2v) is 5.10. The van der Waals surface area contributed by atoms with Gasteiger partial charge in [-0.3, -0.25) is 0 Å². The maximum absolute atomic E-state index is 3.53. The van der Waals surface area contributed by atoms with Crippen LogP contribution in [0.3, 0.4) is 0 Å². The Balaban J connectivity index is 3.35. The van der Waals surface area contributed by atoms with Crippen LogP contribution < -0.4 is 5.32 Å². The topological polar surface area (TPSA) is 18.5 Å². The first-order chi connectivity index (χ1) is 7.56. The highest BCUT2D eigenvalue weighted by molar-refractivity contribution is 4.62. The lowest BCUT2D eigenvalue weighted by Gasteiger charge is -2.20. The Hall–Kier alpha value is -0.120. The summed E-state index contributed by atoms with van der Waals surface area (Å²) in [6.07, 6.45) is 3.81. The lowest BCUT2D eigenvalue weighted by atomic mass is 10.1. The number of hydrogen-bond acceptors (Lipinski definition) is 3. The summed E-state index contributed by atoms with van der Waals surface area (Å²) in [7, 11) is 6.48. The van der Waals surface area contributed by atoms with Crippen LogP contribution in [0.15, 0.2) is 0 Å². The van der Waals surface area contributed by atoms with E-state index in [1.807, 2.05) is 0 Å². The third-order valence-corrected chi connectivity index (χ3v) is 2.85. The molecule has 0 aromatic heterocycles. The van der Waals surface area contributed by atoms with E-state index < -0.39 is 0 Å². The molecule has 1 unspecified atom stereocenters. The molecule has 0 aliphatic heterocycles. The van der Waals surface area contributed by atoms with E-state index in [-0.39, 0.29) is 0 Å². The van der Waals surface area contributed by atoms with Gasteiger partial charge in [-0.1, -0.05) is 6.92 Å². The Bertz CT molecular complexity index is 148. The van der Waals surface area contributed by atoms with Crippen molar-refractivity contribution in [1.82, 2.24) is 15.1 Å². The van der Waals surface area contributed by atoms with E-state index in [2.05, 4.69) is 50.1 Å². The van der Waals surface area contributed by atoms with Crippen LogP contribution in [-0.2, 0) is 0 Å². The van der Waals surface area contributed by atoms with Crippen molar-refractivity contribution in [2.24, 2.45) is 0 Å². The number of likely N-dealkylation sites (N-methyl/N-ethyl adjacent to an activating group) is 2. The summed E-state index contributed by atoms with van der Waals surface area (Å²) in [6.45, 7) is 9.19. The fraction of sp³-hybridized carbons (Fsp3) is 1.00. The van der Waals surface area contributed by atoms with Crippen LogP contribution in [0.5, 0.6) is 0 Å². The minimum Gasteiger partial charge on any atom is -0.314 e. The lowest BCUT2D eigenvalue weighted by molar-refractivity contribution is 0.274. The SMILES string of the molecule is CCCNC(C)CCCN(C)CCN(C)C. The third kappa shape index (κ3) is 10.4. The molecule has 0 aliphatic rings. The zero-order valence-corrected chi connectivity index (χ0v) is 11.9. The molecule has 1 atom stereocenters. The van der Waals surface area contributed by atoms with Crippen LogP contribution in [0, 0.1) is 0 Å². The van der Waals surface area contributed by atoms with Gasteiger partial charge in [-0.15, -0.1) is 0 Å². The van der Waals surface area contributed by atoms with Crippen LogP contribution in [-0.4, -0.2) is 63.2 Å². The molecule has 16 heavy (non-hydrogen) atoms. The van der Waals surface area contributed by atoms with Gasteiger partial charge in [0.2, 0.25) is 0 Å². The van der Waals surface area contributed by atoms with Gasteiger partial charge in [-0.25, -0.2) is 0 Å². The van der Waals surface area contributed by atoms with Gasteiger partial charge in [0, 0.05) is 19.1 Å². The first-order valence-electron chi connectivity index (χ1n) is 6.63. The molecule has 0 spiro atoms. The average Bonchev–Trinajstić information content (AvgIpc) is 2.23. The zero-order valence-electron chi connectivity index (χ0n) is 11.9. The van der Waals surface area contributed by atoms with Crippen molar-refractivity contribution in [2.45, 2.75) is 39.2 Å². The molecule has 0 saturated carbocycles. The molecule has 0 radical (unpaired) electrons. The smallest absolute Gasteiger partial charge is 0.0106 e. The Labute approximate surface area is 102 Å². The molecular weight excluding hydrogens is 198 g/mol. The first kappa shape index (κ1) is 15.9. The average molecular weight is 229 g/mol. The van der Waals surface area contributed by atoms with E-state index in [0.717, 1.165) is 13.1 Å². The molecular formula is C13H31N3. The summed E-state index contributed by atoms with van der Waals surface area (Å²) in [5, 5.41) is 3.53. The normalized spacial score (nSPS) is 13.7. The minimum atomic E-state index is 0.669. The van der Waals surface area contributed by atoms with Gasteiger partial charge in [0.05, 0.1) is 0 Å². The second kappa shape index (κ2) is 10.1. The molecule has 0 aliphatic carbocycles. The predicted octanol–water partition coefficient (Wildman–Crippen LogP) is 1.65. The van der Waals surface area contributed by atoms with Crippen LogP contribution in [0.25, 0.3) is 0 Å². The van der Waals surface area contributed by atoms with E-state index in [0.29, 0.717) is 6.04 Å². The van der Waals surface area contributed by atoms with E-state index in [1.165, 1.54) is 32.4 Å². The largest absolute Gasteiger partial charge is 0.314 e. The molecule has 0 aromatic rings. The van der Waals surface area contributed by atoms with Crippen LogP contribution in [0.1, 0.15) is 33.1 Å².